The first-order valence-electron chi connectivity index (χ1n) is 28.7. The summed E-state index contributed by atoms with van der Waals surface area (Å²) < 4.78 is 22.6. The van der Waals surface area contributed by atoms with E-state index in [0.717, 1.165) is 103 Å². The van der Waals surface area contributed by atoms with Gasteiger partial charge in [0.2, 0.25) is 0 Å². The van der Waals surface area contributed by atoms with Gasteiger partial charge in [-0.2, -0.15) is 0 Å². The Labute approximate surface area is 447 Å². The molecule has 0 amide bonds. The molecule has 9 nitrogen and oxygen atoms in total. The van der Waals surface area contributed by atoms with Crippen LogP contribution in [0.15, 0.2) is 122 Å². The summed E-state index contributed by atoms with van der Waals surface area (Å²) in [4.78, 5) is 37.2. The van der Waals surface area contributed by atoms with Crippen molar-refractivity contribution in [3.05, 3.63) is 122 Å². The highest BCUT2D eigenvalue weighted by Gasteiger charge is 2.22. The second-order valence-corrected chi connectivity index (χ2v) is 19.8. The van der Waals surface area contributed by atoms with E-state index in [-0.39, 0.29) is 32.7 Å². The molecule has 0 aliphatic carbocycles. The molecule has 0 spiro atoms. The highest BCUT2D eigenvalue weighted by Crippen LogP contribution is 2.15. The molecule has 0 saturated carbocycles. The molecule has 0 saturated heterocycles. The van der Waals surface area contributed by atoms with Crippen molar-refractivity contribution >= 4 is 17.9 Å². The molecule has 0 radical (unpaired) electrons. The Morgan fingerprint density at radius 1 is 0.411 bits per heavy atom. The molecule has 0 fully saturated rings. The van der Waals surface area contributed by atoms with Crippen molar-refractivity contribution in [2.45, 2.75) is 219 Å². The third-order valence-electron chi connectivity index (χ3n) is 11.7. The van der Waals surface area contributed by atoms with E-state index in [9.17, 15) is 19.5 Å². The van der Waals surface area contributed by atoms with Gasteiger partial charge in [0.15, 0.2) is 12.4 Å². The average molecular weight is 1020 g/mol. The van der Waals surface area contributed by atoms with Crippen molar-refractivity contribution in [1.82, 2.24) is 0 Å². The molecule has 0 aromatic heterocycles. The number of hydrogen-bond donors (Lipinski definition) is 0. The standard InChI is InChI=1S/C64H105NO8/c1-6-8-10-12-14-16-18-20-21-22-23-24-25-26-27-28-29-30-31-32-33-34-35-36-37-38-39-40-41-43-45-47-49-51-53-55-62(67)73-60(59-72-64(63(68)69)70-57-56-65(3,4)5)58-71-61(66)54-52-50-48-46-44-42-19-17-15-13-11-9-7-2/h8-11,14-17,20-21,23-24,26-27,29-30,32-33,42,44,60,64H,6-7,12-13,18-19,22,25,28,31,34-41,43,45-59H2,1-5H3/b10-8-,11-9-,16-14-,17-15-,21-20-,24-23-,27-26-,30-29-,33-32-,44-42-. The second-order valence-electron chi connectivity index (χ2n) is 19.8. The van der Waals surface area contributed by atoms with Crippen molar-refractivity contribution in [2.75, 3.05) is 47.5 Å². The molecule has 0 rings (SSSR count). The number of carboxylic acids is 1. The Bertz CT molecular complexity index is 1610. The molecule has 73 heavy (non-hydrogen) atoms. The zero-order valence-electron chi connectivity index (χ0n) is 47.0. The van der Waals surface area contributed by atoms with Crippen LogP contribution >= 0.6 is 0 Å². The van der Waals surface area contributed by atoms with Gasteiger partial charge in [-0.3, -0.25) is 9.59 Å². The molecule has 0 aromatic rings. The van der Waals surface area contributed by atoms with E-state index in [1.165, 1.54) is 64.2 Å². The van der Waals surface area contributed by atoms with Gasteiger partial charge in [-0.25, -0.2) is 0 Å². The van der Waals surface area contributed by atoms with Crippen LogP contribution in [0, 0.1) is 0 Å². The fraction of sp³-hybridized carbons (Fsp3) is 0.641. The molecular weight excluding hydrogens is 911 g/mol. The molecule has 0 heterocycles. The Morgan fingerprint density at radius 3 is 1.11 bits per heavy atom. The van der Waals surface area contributed by atoms with E-state index in [2.05, 4.69) is 135 Å². The Kier molecular flexibility index (Phi) is 50.8. The summed E-state index contributed by atoms with van der Waals surface area (Å²) in [6, 6.07) is 0. The number of likely N-dealkylation sites (N-methyl/N-ethyl adjacent to an activating group) is 1. The maximum atomic E-state index is 12.8. The summed E-state index contributed by atoms with van der Waals surface area (Å²) in [6.45, 7) is 4.46. The fourth-order valence-electron chi connectivity index (χ4n) is 7.35. The summed E-state index contributed by atoms with van der Waals surface area (Å²) in [5.41, 5.74) is 0. The SMILES string of the molecule is CC/C=C\C/C=C\C/C=C\C/C=C\C/C=C\C/C=C\C/C=C\CCCCCCCCCCCCCCCC(=O)OC(COC(=O)CCCCC/C=C\C/C=C\C/C=C\CC)COC(OCC[N+](C)(C)C)C(=O)[O-]. The maximum Gasteiger partial charge on any atom is 0.306 e. The average Bonchev–Trinajstić information content (AvgIpc) is 3.36. The molecule has 414 valence electrons. The predicted molar refractivity (Wildman–Crippen MR) is 306 cm³/mol. The van der Waals surface area contributed by atoms with Gasteiger partial charge in [-0.1, -0.05) is 212 Å². The lowest BCUT2D eigenvalue weighted by molar-refractivity contribution is -0.870. The van der Waals surface area contributed by atoms with E-state index in [1.807, 2.05) is 21.1 Å². The number of nitrogens with zero attached hydrogens (tertiary/aromatic N) is 1. The molecule has 0 N–H and O–H groups in total. The number of rotatable bonds is 51. The zero-order valence-corrected chi connectivity index (χ0v) is 47.0. The van der Waals surface area contributed by atoms with E-state index < -0.39 is 30.3 Å². The highest BCUT2D eigenvalue weighted by atomic mass is 16.7. The largest absolute Gasteiger partial charge is 0.545 e. The summed E-state index contributed by atoms with van der Waals surface area (Å²) in [6.07, 6.45) is 72.6. The number of carbonyl (C=O) groups excluding carboxylic acids is 3. The second kappa shape index (κ2) is 54.0. The van der Waals surface area contributed by atoms with E-state index in [4.69, 9.17) is 18.9 Å². The topological polar surface area (TPSA) is 111 Å². The Morgan fingerprint density at radius 2 is 0.740 bits per heavy atom. The smallest absolute Gasteiger partial charge is 0.306 e. The van der Waals surface area contributed by atoms with Gasteiger partial charge >= 0.3 is 11.9 Å². The minimum Gasteiger partial charge on any atom is -0.545 e. The molecule has 2 unspecified atom stereocenters. The normalized spacial score (nSPS) is 13.7. The van der Waals surface area contributed by atoms with Crippen LogP contribution in [0.5, 0.6) is 0 Å². The minimum absolute atomic E-state index is 0.137. The summed E-state index contributed by atoms with van der Waals surface area (Å²) in [5, 5.41) is 11.7. The molecular formula is C64H105NO8. The summed E-state index contributed by atoms with van der Waals surface area (Å²) in [5.74, 6) is -2.34. The number of carboxylic acid groups (broad SMARTS) is 1. The van der Waals surface area contributed by atoms with Crippen LogP contribution < -0.4 is 5.11 Å². The molecule has 9 heteroatoms. The molecule has 0 aliphatic heterocycles. The van der Waals surface area contributed by atoms with Gasteiger partial charge in [0.1, 0.15) is 13.2 Å². The van der Waals surface area contributed by atoms with Crippen molar-refractivity contribution in [3.63, 3.8) is 0 Å². The lowest BCUT2D eigenvalue weighted by Crippen LogP contribution is -2.44. The van der Waals surface area contributed by atoms with Crippen molar-refractivity contribution < 1.29 is 42.9 Å². The predicted octanol–water partition coefficient (Wildman–Crippen LogP) is 15.6. The Hall–Kier alpha value is -4.31. The van der Waals surface area contributed by atoms with Gasteiger partial charge in [-0.15, -0.1) is 0 Å². The Balaban J connectivity index is 4.16. The number of allylic oxidation sites excluding steroid dienone is 20. The van der Waals surface area contributed by atoms with Gasteiger partial charge in [0.05, 0.1) is 40.3 Å². The number of quaternary nitrogens is 1. The summed E-state index contributed by atoms with van der Waals surface area (Å²) in [7, 11) is 5.90. The number of carbonyl (C=O) groups is 3. The van der Waals surface area contributed by atoms with Crippen LogP contribution in [0.1, 0.15) is 206 Å². The van der Waals surface area contributed by atoms with Gasteiger partial charge in [0.25, 0.3) is 0 Å². The van der Waals surface area contributed by atoms with Crippen molar-refractivity contribution in [3.8, 4) is 0 Å². The van der Waals surface area contributed by atoms with Gasteiger partial charge in [0, 0.05) is 12.8 Å². The van der Waals surface area contributed by atoms with Crippen molar-refractivity contribution in [1.29, 1.82) is 0 Å². The first kappa shape index (κ1) is 68.7. The number of ether oxygens (including phenoxy) is 4. The highest BCUT2D eigenvalue weighted by molar-refractivity contribution is 5.70. The number of esters is 2. The van der Waals surface area contributed by atoms with Crippen LogP contribution in [0.2, 0.25) is 0 Å². The van der Waals surface area contributed by atoms with E-state index in [1.54, 1.807) is 0 Å². The number of unbranched alkanes of at least 4 members (excludes halogenated alkanes) is 16. The zero-order chi connectivity index (χ0) is 53.4. The molecule has 0 aromatic carbocycles. The van der Waals surface area contributed by atoms with Crippen LogP contribution in [-0.4, -0.2) is 82.3 Å². The first-order chi connectivity index (χ1) is 35.6. The quantitative estimate of drug-likeness (QED) is 0.0195. The fourth-order valence-corrected chi connectivity index (χ4v) is 7.35. The molecule has 0 aliphatic rings. The van der Waals surface area contributed by atoms with Crippen LogP contribution in [0.4, 0.5) is 0 Å². The van der Waals surface area contributed by atoms with Crippen LogP contribution in [-0.2, 0) is 33.3 Å². The van der Waals surface area contributed by atoms with Gasteiger partial charge in [-0.05, 0) is 103 Å². The minimum atomic E-state index is -1.63. The molecule has 2 atom stereocenters. The van der Waals surface area contributed by atoms with E-state index >= 15 is 0 Å². The van der Waals surface area contributed by atoms with E-state index in [0.29, 0.717) is 23.9 Å². The van der Waals surface area contributed by atoms with Crippen LogP contribution in [0.3, 0.4) is 0 Å². The number of aliphatic carboxylic acids is 1. The third-order valence-corrected chi connectivity index (χ3v) is 11.7. The molecule has 0 bridgehead atoms. The first-order valence-corrected chi connectivity index (χ1v) is 28.7. The van der Waals surface area contributed by atoms with Crippen molar-refractivity contribution in [2.24, 2.45) is 0 Å². The van der Waals surface area contributed by atoms with Crippen LogP contribution in [0.25, 0.3) is 0 Å². The third kappa shape index (κ3) is 55.3. The van der Waals surface area contributed by atoms with Gasteiger partial charge < -0.3 is 33.3 Å². The summed E-state index contributed by atoms with van der Waals surface area (Å²) >= 11 is 0. The number of hydrogen-bond acceptors (Lipinski definition) is 8. The maximum absolute atomic E-state index is 12.8. The lowest BCUT2D eigenvalue weighted by Gasteiger charge is -2.26. The monoisotopic (exact) mass is 1020 g/mol. The lowest BCUT2D eigenvalue weighted by atomic mass is 10.0.